The Morgan fingerprint density at radius 1 is 1.43 bits per heavy atom. The normalized spacial score (nSPS) is 15.0. The van der Waals surface area contributed by atoms with Crippen LogP contribution in [0.5, 0.6) is 5.75 Å². The number of fused-ring (bicyclic) bond motifs is 1. The number of hydrogen-bond donors (Lipinski definition) is 1. The van der Waals surface area contributed by atoms with Crippen molar-refractivity contribution in [2.75, 3.05) is 19.0 Å². The molecule has 0 aliphatic carbocycles. The number of carbonyl (C=O) groups excluding carboxylic acids is 1. The summed E-state index contributed by atoms with van der Waals surface area (Å²) in [6.07, 6.45) is 4.38. The second-order valence-corrected chi connectivity index (χ2v) is 5.68. The number of nitrogens with one attached hydrogen (secondary N) is 1. The number of carbonyl (C=O) groups is 1. The van der Waals surface area contributed by atoms with Gasteiger partial charge in [-0.25, -0.2) is 4.98 Å². The highest BCUT2D eigenvalue weighted by Gasteiger charge is 2.26. The molecule has 0 saturated carbocycles. The Morgan fingerprint density at radius 3 is 3.09 bits per heavy atom. The van der Waals surface area contributed by atoms with E-state index in [1.807, 2.05) is 48.6 Å². The van der Waals surface area contributed by atoms with Gasteiger partial charge >= 0.3 is 0 Å². The third-order valence-electron chi connectivity index (χ3n) is 4.19. The molecule has 1 N–H and O–H groups in total. The van der Waals surface area contributed by atoms with E-state index in [4.69, 9.17) is 4.74 Å². The smallest absolute Gasteiger partial charge is 0.245 e. The fourth-order valence-corrected chi connectivity index (χ4v) is 2.85. The van der Waals surface area contributed by atoms with Crippen LogP contribution in [0.15, 0.2) is 36.8 Å². The molecule has 1 aliphatic heterocycles. The van der Waals surface area contributed by atoms with E-state index in [9.17, 15) is 4.79 Å². The molecule has 1 unspecified atom stereocenters. The summed E-state index contributed by atoms with van der Waals surface area (Å²) < 4.78 is 7.33. The van der Waals surface area contributed by atoms with E-state index >= 15 is 0 Å². The maximum atomic E-state index is 12.8. The number of nitrogens with zero attached hydrogens (tertiary/aromatic N) is 3. The number of imidazole rings is 1. The van der Waals surface area contributed by atoms with E-state index in [-0.39, 0.29) is 11.9 Å². The Morgan fingerprint density at radius 2 is 2.30 bits per heavy atom. The zero-order valence-corrected chi connectivity index (χ0v) is 13.5. The second kappa shape index (κ2) is 6.73. The molecule has 1 amide bonds. The molecule has 1 aromatic carbocycles. The lowest BCUT2D eigenvalue weighted by Gasteiger charge is -2.31. The largest absolute Gasteiger partial charge is 0.497 e. The molecule has 6 heteroatoms. The molecule has 2 aromatic rings. The van der Waals surface area contributed by atoms with Gasteiger partial charge in [0.2, 0.25) is 5.91 Å². The maximum absolute atomic E-state index is 12.8. The van der Waals surface area contributed by atoms with E-state index in [0.29, 0.717) is 6.54 Å². The Kier molecular flexibility index (Phi) is 4.50. The van der Waals surface area contributed by atoms with Gasteiger partial charge in [-0.2, -0.15) is 0 Å². The number of anilines is 1. The molecule has 0 spiro atoms. The summed E-state index contributed by atoms with van der Waals surface area (Å²) in [6, 6.07) is 7.42. The first-order valence-electron chi connectivity index (χ1n) is 7.89. The van der Waals surface area contributed by atoms with Gasteiger partial charge in [0.15, 0.2) is 0 Å². The Bertz CT molecular complexity index is 683. The number of ether oxygens (including phenoxy) is 1. The van der Waals surface area contributed by atoms with Crippen molar-refractivity contribution in [1.82, 2.24) is 14.5 Å². The highest BCUT2D eigenvalue weighted by molar-refractivity contribution is 5.84. The molecule has 1 atom stereocenters. The van der Waals surface area contributed by atoms with Crippen LogP contribution < -0.4 is 10.1 Å². The van der Waals surface area contributed by atoms with Crippen molar-refractivity contribution in [1.29, 1.82) is 0 Å². The quantitative estimate of drug-likeness (QED) is 0.918. The van der Waals surface area contributed by atoms with Crippen molar-refractivity contribution in [3.8, 4) is 5.75 Å². The minimum atomic E-state index is -0.239. The fourth-order valence-electron chi connectivity index (χ4n) is 2.85. The summed E-state index contributed by atoms with van der Waals surface area (Å²) in [5, 5.41) is 3.32. The van der Waals surface area contributed by atoms with E-state index < -0.39 is 0 Å². The molecular weight excluding hydrogens is 292 g/mol. The zero-order chi connectivity index (χ0) is 16.2. The van der Waals surface area contributed by atoms with E-state index in [1.165, 1.54) is 0 Å². The standard InChI is InChI=1S/C17H22N4O2/c1-3-16(19-13-5-4-6-15(9-13)23-2)17(22)20-7-8-21-12-18-10-14(21)11-20/h4-6,9-10,12,16,19H,3,7-8,11H2,1-2H3. The van der Waals surface area contributed by atoms with Crippen molar-refractivity contribution in [3.05, 3.63) is 42.5 Å². The van der Waals surface area contributed by atoms with Crippen LogP contribution in [0.3, 0.4) is 0 Å². The summed E-state index contributed by atoms with van der Waals surface area (Å²) >= 11 is 0. The molecule has 1 aromatic heterocycles. The molecule has 3 rings (SSSR count). The monoisotopic (exact) mass is 314 g/mol. The van der Waals surface area contributed by atoms with Crippen LogP contribution in [0, 0.1) is 0 Å². The van der Waals surface area contributed by atoms with Crippen LogP contribution in [0.25, 0.3) is 0 Å². The minimum Gasteiger partial charge on any atom is -0.497 e. The minimum absolute atomic E-state index is 0.128. The lowest BCUT2D eigenvalue weighted by molar-refractivity contribution is -0.133. The Balaban J connectivity index is 1.69. The summed E-state index contributed by atoms with van der Waals surface area (Å²) in [5.41, 5.74) is 1.98. The first-order valence-corrected chi connectivity index (χ1v) is 7.89. The van der Waals surface area contributed by atoms with Gasteiger partial charge in [-0.15, -0.1) is 0 Å². The maximum Gasteiger partial charge on any atom is 0.245 e. The van der Waals surface area contributed by atoms with Crippen molar-refractivity contribution in [2.45, 2.75) is 32.5 Å². The highest BCUT2D eigenvalue weighted by atomic mass is 16.5. The van der Waals surface area contributed by atoms with Gasteiger partial charge in [0.05, 0.1) is 25.7 Å². The molecule has 2 heterocycles. The third-order valence-corrected chi connectivity index (χ3v) is 4.19. The van der Waals surface area contributed by atoms with Crippen LogP contribution >= 0.6 is 0 Å². The zero-order valence-electron chi connectivity index (χ0n) is 13.5. The topological polar surface area (TPSA) is 59.4 Å². The predicted octanol–water partition coefficient (Wildman–Crippen LogP) is 2.12. The average molecular weight is 314 g/mol. The average Bonchev–Trinajstić information content (AvgIpc) is 3.07. The lowest BCUT2D eigenvalue weighted by atomic mass is 10.1. The van der Waals surface area contributed by atoms with Gasteiger partial charge in [-0.3, -0.25) is 4.79 Å². The van der Waals surface area contributed by atoms with Crippen LogP contribution in [0.1, 0.15) is 19.0 Å². The molecule has 0 radical (unpaired) electrons. The molecule has 6 nitrogen and oxygen atoms in total. The first kappa shape index (κ1) is 15.4. The molecule has 0 fully saturated rings. The SMILES string of the molecule is CCC(Nc1cccc(OC)c1)C(=O)N1CCn2cncc2C1. The Labute approximate surface area is 136 Å². The van der Waals surface area contributed by atoms with Crippen LogP contribution in [-0.4, -0.2) is 40.1 Å². The third kappa shape index (κ3) is 3.31. The van der Waals surface area contributed by atoms with Crippen molar-refractivity contribution in [3.63, 3.8) is 0 Å². The van der Waals surface area contributed by atoms with Crippen molar-refractivity contribution >= 4 is 11.6 Å². The molecular formula is C17H22N4O2. The van der Waals surface area contributed by atoms with Crippen molar-refractivity contribution < 1.29 is 9.53 Å². The van der Waals surface area contributed by atoms with Gasteiger partial charge in [0, 0.05) is 31.0 Å². The van der Waals surface area contributed by atoms with Gasteiger partial charge in [0.1, 0.15) is 11.8 Å². The van der Waals surface area contributed by atoms with Crippen LogP contribution in [-0.2, 0) is 17.9 Å². The van der Waals surface area contributed by atoms with Crippen LogP contribution in [0.4, 0.5) is 5.69 Å². The molecule has 0 bridgehead atoms. The summed E-state index contributed by atoms with van der Waals surface area (Å²) in [6.45, 7) is 4.16. The molecule has 0 saturated heterocycles. The number of methoxy groups -OCH3 is 1. The number of hydrogen-bond acceptors (Lipinski definition) is 4. The fraction of sp³-hybridized carbons (Fsp3) is 0.412. The number of benzene rings is 1. The molecule has 23 heavy (non-hydrogen) atoms. The summed E-state index contributed by atoms with van der Waals surface area (Å²) in [7, 11) is 1.64. The predicted molar refractivity (Wildman–Crippen MR) is 88.3 cm³/mol. The number of rotatable bonds is 5. The number of amides is 1. The highest BCUT2D eigenvalue weighted by Crippen LogP contribution is 2.20. The van der Waals surface area contributed by atoms with Gasteiger partial charge < -0.3 is 19.5 Å². The molecule has 1 aliphatic rings. The van der Waals surface area contributed by atoms with E-state index in [0.717, 1.165) is 36.6 Å². The van der Waals surface area contributed by atoms with Gasteiger partial charge in [0.25, 0.3) is 0 Å². The molecule has 122 valence electrons. The van der Waals surface area contributed by atoms with Gasteiger partial charge in [-0.05, 0) is 18.6 Å². The van der Waals surface area contributed by atoms with Crippen molar-refractivity contribution in [2.24, 2.45) is 0 Å². The second-order valence-electron chi connectivity index (χ2n) is 5.68. The van der Waals surface area contributed by atoms with E-state index in [2.05, 4.69) is 14.9 Å². The number of aromatic nitrogens is 2. The summed E-state index contributed by atoms with van der Waals surface area (Å²) in [5.74, 6) is 0.905. The lowest BCUT2D eigenvalue weighted by Crippen LogP contribution is -2.45. The Hall–Kier alpha value is -2.50. The summed E-state index contributed by atoms with van der Waals surface area (Å²) in [4.78, 5) is 18.9. The van der Waals surface area contributed by atoms with Crippen LogP contribution in [0.2, 0.25) is 0 Å². The first-order chi connectivity index (χ1) is 11.2. The van der Waals surface area contributed by atoms with E-state index in [1.54, 1.807) is 7.11 Å². The van der Waals surface area contributed by atoms with Gasteiger partial charge in [-0.1, -0.05) is 13.0 Å².